The van der Waals surface area contributed by atoms with Crippen molar-refractivity contribution in [3.05, 3.63) is 18.2 Å². The molecule has 1 unspecified atom stereocenters. The van der Waals surface area contributed by atoms with Gasteiger partial charge in [-0.2, -0.15) is 4.31 Å². The zero-order valence-corrected chi connectivity index (χ0v) is 14.0. The summed E-state index contributed by atoms with van der Waals surface area (Å²) in [6.07, 6.45) is 6.00. The van der Waals surface area contributed by atoms with Crippen LogP contribution in [0.15, 0.2) is 12.4 Å². The lowest BCUT2D eigenvalue weighted by Crippen LogP contribution is -2.42. The molecule has 3 heterocycles. The molecule has 1 spiro atoms. The number of sulfonamides is 1. The Morgan fingerprint density at radius 3 is 2.86 bits per heavy atom. The first-order valence-electron chi connectivity index (χ1n) is 7.59. The first-order valence-corrected chi connectivity index (χ1v) is 9.44. The minimum Gasteiger partial charge on any atom is -0.379 e. The van der Waals surface area contributed by atoms with Crippen LogP contribution in [0.5, 0.6) is 0 Å². The Kier molecular flexibility index (Phi) is 4.28. The number of hydrogen-bond donors (Lipinski definition) is 0. The van der Waals surface area contributed by atoms with Gasteiger partial charge in [-0.05, 0) is 13.0 Å². The van der Waals surface area contributed by atoms with E-state index in [4.69, 9.17) is 4.74 Å². The molecule has 2 aliphatic rings. The minimum atomic E-state index is -3.17. The summed E-state index contributed by atoms with van der Waals surface area (Å²) in [7, 11) is -1.17. The Morgan fingerprint density at radius 2 is 2.18 bits per heavy atom. The van der Waals surface area contributed by atoms with E-state index in [1.165, 1.54) is 6.26 Å². The standard InChI is InChI=1S/C14H24N4O3S/c1-16-6-4-15-13(16)9-17-5-3-14(10-17)11-18(22(2,19)20)7-8-21-12-14/h4,6H,3,5,7-12H2,1-2H3. The molecule has 0 radical (unpaired) electrons. The van der Waals surface area contributed by atoms with Crippen LogP contribution in [0.1, 0.15) is 12.2 Å². The van der Waals surface area contributed by atoms with Crippen molar-refractivity contribution in [3.63, 3.8) is 0 Å². The molecular weight excluding hydrogens is 304 g/mol. The van der Waals surface area contributed by atoms with E-state index in [-0.39, 0.29) is 5.41 Å². The molecule has 22 heavy (non-hydrogen) atoms. The highest BCUT2D eigenvalue weighted by molar-refractivity contribution is 7.88. The SMILES string of the molecule is Cn1ccnc1CN1CCC2(COCCN(S(C)(=O)=O)C2)C1. The monoisotopic (exact) mass is 328 g/mol. The fraction of sp³-hybridized carbons (Fsp3) is 0.786. The number of rotatable bonds is 3. The maximum atomic E-state index is 11.9. The lowest BCUT2D eigenvalue weighted by molar-refractivity contribution is 0.0718. The highest BCUT2D eigenvalue weighted by Crippen LogP contribution is 2.34. The molecule has 0 N–H and O–H groups in total. The zero-order valence-electron chi connectivity index (χ0n) is 13.2. The third-order valence-electron chi connectivity index (χ3n) is 4.68. The van der Waals surface area contributed by atoms with E-state index in [9.17, 15) is 8.42 Å². The van der Waals surface area contributed by atoms with Gasteiger partial charge in [-0.1, -0.05) is 0 Å². The Labute approximate surface area is 131 Å². The third-order valence-corrected chi connectivity index (χ3v) is 5.93. The second-order valence-corrected chi connectivity index (χ2v) is 8.55. The highest BCUT2D eigenvalue weighted by Gasteiger charge is 2.42. The highest BCUT2D eigenvalue weighted by atomic mass is 32.2. The van der Waals surface area contributed by atoms with Gasteiger partial charge in [-0.3, -0.25) is 4.90 Å². The molecule has 0 aromatic carbocycles. The summed E-state index contributed by atoms with van der Waals surface area (Å²) in [6.45, 7) is 4.73. The molecule has 1 aromatic rings. The molecule has 1 atom stereocenters. The van der Waals surface area contributed by atoms with Crippen molar-refractivity contribution >= 4 is 10.0 Å². The predicted molar refractivity (Wildman–Crippen MR) is 82.8 cm³/mol. The number of imidazole rings is 1. The van der Waals surface area contributed by atoms with Gasteiger partial charge < -0.3 is 9.30 Å². The molecule has 0 aliphatic carbocycles. The predicted octanol–water partition coefficient (Wildman–Crippen LogP) is -0.0960. The van der Waals surface area contributed by atoms with E-state index in [2.05, 4.69) is 9.88 Å². The van der Waals surface area contributed by atoms with Gasteiger partial charge in [0.15, 0.2) is 0 Å². The average molecular weight is 328 g/mol. The lowest BCUT2D eigenvalue weighted by Gasteiger charge is -2.30. The molecule has 124 valence electrons. The summed E-state index contributed by atoms with van der Waals surface area (Å²) >= 11 is 0. The summed E-state index contributed by atoms with van der Waals surface area (Å²) in [5, 5.41) is 0. The fourth-order valence-corrected chi connectivity index (χ4v) is 4.31. The first kappa shape index (κ1) is 15.9. The molecule has 0 bridgehead atoms. The van der Waals surface area contributed by atoms with Crippen molar-refractivity contribution in [3.8, 4) is 0 Å². The van der Waals surface area contributed by atoms with E-state index >= 15 is 0 Å². The summed E-state index contributed by atoms with van der Waals surface area (Å²) in [5.41, 5.74) is -0.0925. The van der Waals surface area contributed by atoms with Crippen LogP contribution >= 0.6 is 0 Å². The number of aryl methyl sites for hydroxylation is 1. The van der Waals surface area contributed by atoms with Crippen LogP contribution in [0.3, 0.4) is 0 Å². The number of aromatic nitrogens is 2. The van der Waals surface area contributed by atoms with E-state index in [1.807, 2.05) is 17.8 Å². The maximum absolute atomic E-state index is 11.9. The van der Waals surface area contributed by atoms with Gasteiger partial charge in [-0.15, -0.1) is 0 Å². The summed E-state index contributed by atoms with van der Waals surface area (Å²) in [6, 6.07) is 0. The van der Waals surface area contributed by atoms with Crippen molar-refractivity contribution in [2.45, 2.75) is 13.0 Å². The zero-order chi connectivity index (χ0) is 15.8. The van der Waals surface area contributed by atoms with Crippen LogP contribution in [0.2, 0.25) is 0 Å². The van der Waals surface area contributed by atoms with Crippen molar-refractivity contribution < 1.29 is 13.2 Å². The first-order chi connectivity index (χ1) is 10.4. The molecule has 0 amide bonds. The van der Waals surface area contributed by atoms with Gasteiger partial charge in [-0.25, -0.2) is 13.4 Å². The number of ether oxygens (including phenoxy) is 1. The minimum absolute atomic E-state index is 0.0925. The number of likely N-dealkylation sites (tertiary alicyclic amines) is 1. The maximum Gasteiger partial charge on any atom is 0.211 e. The summed E-state index contributed by atoms with van der Waals surface area (Å²) in [4.78, 5) is 6.71. The molecule has 8 heteroatoms. The van der Waals surface area contributed by atoms with Gasteiger partial charge >= 0.3 is 0 Å². The van der Waals surface area contributed by atoms with Crippen LogP contribution in [0.4, 0.5) is 0 Å². The van der Waals surface area contributed by atoms with Crippen LogP contribution in [0.25, 0.3) is 0 Å². The van der Waals surface area contributed by atoms with Crippen LogP contribution in [0, 0.1) is 5.41 Å². The molecule has 1 aromatic heterocycles. The molecule has 2 saturated heterocycles. The second kappa shape index (κ2) is 5.92. The molecule has 7 nitrogen and oxygen atoms in total. The third kappa shape index (κ3) is 3.34. The summed E-state index contributed by atoms with van der Waals surface area (Å²) < 4.78 is 33.1. The lowest BCUT2D eigenvalue weighted by atomic mass is 9.88. The van der Waals surface area contributed by atoms with Crippen molar-refractivity contribution in [2.24, 2.45) is 12.5 Å². The van der Waals surface area contributed by atoms with E-state index in [0.29, 0.717) is 26.3 Å². The molecule has 2 fully saturated rings. The van der Waals surface area contributed by atoms with E-state index < -0.39 is 10.0 Å². The van der Waals surface area contributed by atoms with Crippen molar-refractivity contribution in [2.75, 3.05) is 45.6 Å². The van der Waals surface area contributed by atoms with E-state index in [1.54, 1.807) is 10.5 Å². The molecular formula is C14H24N4O3S. The normalized spacial score (nSPS) is 28.3. The molecule has 0 saturated carbocycles. The van der Waals surface area contributed by atoms with Gasteiger partial charge in [0.2, 0.25) is 10.0 Å². The van der Waals surface area contributed by atoms with Crippen LogP contribution in [-0.4, -0.2) is 72.8 Å². The van der Waals surface area contributed by atoms with E-state index in [0.717, 1.165) is 31.9 Å². The van der Waals surface area contributed by atoms with Crippen LogP contribution in [-0.2, 0) is 28.4 Å². The molecule has 3 rings (SSSR count). The fourth-order valence-electron chi connectivity index (χ4n) is 3.40. The van der Waals surface area contributed by atoms with Gasteiger partial charge in [0.1, 0.15) is 5.82 Å². The second-order valence-electron chi connectivity index (χ2n) is 6.56. The Hall–Kier alpha value is -0.960. The number of nitrogens with zero attached hydrogens (tertiary/aromatic N) is 4. The Bertz CT molecular complexity index is 630. The van der Waals surface area contributed by atoms with Gasteiger partial charge in [0.25, 0.3) is 0 Å². The van der Waals surface area contributed by atoms with Gasteiger partial charge in [0, 0.05) is 44.5 Å². The largest absolute Gasteiger partial charge is 0.379 e. The Balaban J connectivity index is 1.70. The topological polar surface area (TPSA) is 67.7 Å². The molecule has 2 aliphatic heterocycles. The average Bonchev–Trinajstić information content (AvgIpc) is 2.93. The number of hydrogen-bond acceptors (Lipinski definition) is 5. The van der Waals surface area contributed by atoms with Crippen LogP contribution < -0.4 is 0 Å². The smallest absolute Gasteiger partial charge is 0.211 e. The van der Waals surface area contributed by atoms with Crippen molar-refractivity contribution in [1.29, 1.82) is 0 Å². The summed E-state index contributed by atoms with van der Waals surface area (Å²) in [5.74, 6) is 1.03. The van der Waals surface area contributed by atoms with Gasteiger partial charge in [0.05, 0.1) is 26.0 Å². The quantitative estimate of drug-likeness (QED) is 0.775. The Morgan fingerprint density at radius 1 is 1.36 bits per heavy atom. The van der Waals surface area contributed by atoms with Crippen molar-refractivity contribution in [1.82, 2.24) is 18.8 Å².